The Hall–Kier alpha value is -1.07. The summed E-state index contributed by atoms with van der Waals surface area (Å²) in [4.78, 5) is 11.0. The standard InChI is InChI=1S/C8H7BrO3.CH4O/c1-12-8(11)5-2-6(9)4-7(10)3-5;1-2/h2-4,10H,1H3;2H,1H3. The van der Waals surface area contributed by atoms with Crippen molar-refractivity contribution < 1.29 is 19.7 Å². The summed E-state index contributed by atoms with van der Waals surface area (Å²) in [6, 6.07) is 4.41. The monoisotopic (exact) mass is 262 g/mol. The fourth-order valence-electron chi connectivity index (χ4n) is 0.810. The van der Waals surface area contributed by atoms with E-state index in [1.165, 1.54) is 19.2 Å². The molecule has 0 spiro atoms. The molecule has 1 rings (SSSR count). The normalized spacial score (nSPS) is 8.57. The predicted octanol–water partition coefficient (Wildman–Crippen LogP) is 1.55. The zero-order chi connectivity index (χ0) is 11.1. The number of ether oxygens (including phenoxy) is 1. The van der Waals surface area contributed by atoms with Crippen molar-refractivity contribution >= 4 is 21.9 Å². The summed E-state index contributed by atoms with van der Waals surface area (Å²) in [5.41, 5.74) is 0.323. The molecule has 0 fully saturated rings. The van der Waals surface area contributed by atoms with Gasteiger partial charge in [0.1, 0.15) is 5.75 Å². The summed E-state index contributed by atoms with van der Waals surface area (Å²) in [5, 5.41) is 16.1. The van der Waals surface area contributed by atoms with Crippen molar-refractivity contribution in [2.24, 2.45) is 0 Å². The maximum atomic E-state index is 11.0. The van der Waals surface area contributed by atoms with Gasteiger partial charge in [0.15, 0.2) is 0 Å². The number of esters is 1. The lowest BCUT2D eigenvalue weighted by Crippen LogP contribution is -2.00. The fourth-order valence-corrected chi connectivity index (χ4v) is 1.29. The van der Waals surface area contributed by atoms with Crippen molar-refractivity contribution in [1.82, 2.24) is 0 Å². The number of carbonyl (C=O) groups excluding carboxylic acids is 1. The number of phenolic OH excluding ortho intramolecular Hbond substituents is 1. The minimum Gasteiger partial charge on any atom is -0.508 e. The zero-order valence-corrected chi connectivity index (χ0v) is 9.41. The number of hydrogen-bond donors (Lipinski definition) is 2. The van der Waals surface area contributed by atoms with Crippen molar-refractivity contribution in [3.8, 4) is 5.75 Å². The summed E-state index contributed by atoms with van der Waals surface area (Å²) in [5.74, 6) is -0.434. The molecule has 0 radical (unpaired) electrons. The topological polar surface area (TPSA) is 66.8 Å². The summed E-state index contributed by atoms with van der Waals surface area (Å²) in [6.45, 7) is 0. The fraction of sp³-hybridized carbons (Fsp3) is 0.222. The Morgan fingerprint density at radius 3 is 2.36 bits per heavy atom. The molecule has 0 amide bonds. The minimum atomic E-state index is -0.466. The Morgan fingerprint density at radius 1 is 1.36 bits per heavy atom. The first kappa shape index (κ1) is 12.9. The van der Waals surface area contributed by atoms with Crippen molar-refractivity contribution in [1.29, 1.82) is 0 Å². The van der Waals surface area contributed by atoms with Crippen LogP contribution < -0.4 is 0 Å². The van der Waals surface area contributed by atoms with E-state index >= 15 is 0 Å². The maximum absolute atomic E-state index is 11.0. The number of benzene rings is 1. The largest absolute Gasteiger partial charge is 0.508 e. The van der Waals surface area contributed by atoms with Gasteiger partial charge < -0.3 is 14.9 Å². The number of carbonyl (C=O) groups is 1. The molecule has 0 heterocycles. The van der Waals surface area contributed by atoms with Crippen LogP contribution in [0.3, 0.4) is 0 Å². The molecule has 0 aromatic heterocycles. The Labute approximate surface area is 90.3 Å². The summed E-state index contributed by atoms with van der Waals surface area (Å²) in [7, 11) is 2.29. The number of rotatable bonds is 1. The molecule has 0 aliphatic carbocycles. The van der Waals surface area contributed by atoms with E-state index in [0.29, 0.717) is 10.0 Å². The molecule has 2 N–H and O–H groups in total. The van der Waals surface area contributed by atoms with Crippen LogP contribution >= 0.6 is 15.9 Å². The second-order valence-corrected chi connectivity index (χ2v) is 3.11. The van der Waals surface area contributed by atoms with Crippen LogP contribution in [0.15, 0.2) is 22.7 Å². The van der Waals surface area contributed by atoms with Gasteiger partial charge in [-0.15, -0.1) is 0 Å². The number of aromatic hydroxyl groups is 1. The first-order valence-electron chi connectivity index (χ1n) is 3.66. The molecule has 0 atom stereocenters. The molecular formula is C9H11BrO4. The molecule has 0 unspecified atom stereocenters. The number of aliphatic hydroxyl groups is 1. The molecule has 1 aromatic rings. The number of phenols is 1. The molecule has 0 aliphatic heterocycles. The first-order valence-corrected chi connectivity index (χ1v) is 4.45. The van der Waals surface area contributed by atoms with E-state index in [4.69, 9.17) is 10.2 Å². The molecule has 14 heavy (non-hydrogen) atoms. The van der Waals surface area contributed by atoms with E-state index < -0.39 is 5.97 Å². The molecule has 0 aliphatic rings. The SMILES string of the molecule is CO.COC(=O)c1cc(O)cc(Br)c1. The van der Waals surface area contributed by atoms with Crippen LogP contribution in [0.25, 0.3) is 0 Å². The lowest BCUT2D eigenvalue weighted by Gasteiger charge is -2.00. The van der Waals surface area contributed by atoms with Crippen LogP contribution in [-0.2, 0) is 4.74 Å². The highest BCUT2D eigenvalue weighted by Gasteiger charge is 2.06. The third-order valence-electron chi connectivity index (χ3n) is 1.30. The van der Waals surface area contributed by atoms with Gasteiger partial charge in [0.2, 0.25) is 0 Å². The average Bonchev–Trinajstić information content (AvgIpc) is 2.18. The Balaban J connectivity index is 0.000000791. The second kappa shape index (κ2) is 6.39. The Kier molecular flexibility index (Phi) is 5.91. The van der Waals surface area contributed by atoms with Crippen LogP contribution in [0.4, 0.5) is 0 Å². The van der Waals surface area contributed by atoms with Gasteiger partial charge in [-0.1, -0.05) is 15.9 Å². The number of aliphatic hydroxyl groups excluding tert-OH is 1. The van der Waals surface area contributed by atoms with Crippen molar-refractivity contribution in [3.05, 3.63) is 28.2 Å². The van der Waals surface area contributed by atoms with Gasteiger partial charge in [0.25, 0.3) is 0 Å². The van der Waals surface area contributed by atoms with Crippen molar-refractivity contribution in [3.63, 3.8) is 0 Å². The van der Waals surface area contributed by atoms with E-state index in [1.54, 1.807) is 6.07 Å². The van der Waals surface area contributed by atoms with Crippen LogP contribution in [-0.4, -0.2) is 30.4 Å². The number of hydrogen-bond acceptors (Lipinski definition) is 4. The molecule has 1 aromatic carbocycles. The smallest absolute Gasteiger partial charge is 0.338 e. The van der Waals surface area contributed by atoms with Crippen LogP contribution in [0.5, 0.6) is 5.75 Å². The van der Waals surface area contributed by atoms with Crippen LogP contribution in [0.2, 0.25) is 0 Å². The molecule has 5 heteroatoms. The van der Waals surface area contributed by atoms with E-state index in [0.717, 1.165) is 7.11 Å². The van der Waals surface area contributed by atoms with Crippen LogP contribution in [0.1, 0.15) is 10.4 Å². The van der Waals surface area contributed by atoms with E-state index in [9.17, 15) is 4.79 Å². The van der Waals surface area contributed by atoms with E-state index in [-0.39, 0.29) is 5.75 Å². The summed E-state index contributed by atoms with van der Waals surface area (Å²) >= 11 is 3.14. The summed E-state index contributed by atoms with van der Waals surface area (Å²) in [6.07, 6.45) is 0. The van der Waals surface area contributed by atoms with Gasteiger partial charge in [-0.25, -0.2) is 4.79 Å². The Bertz CT molecular complexity index is 291. The quantitative estimate of drug-likeness (QED) is 0.754. The third kappa shape index (κ3) is 3.76. The van der Waals surface area contributed by atoms with Crippen molar-refractivity contribution in [2.75, 3.05) is 14.2 Å². The van der Waals surface area contributed by atoms with Gasteiger partial charge in [-0.2, -0.15) is 0 Å². The highest BCUT2D eigenvalue weighted by Crippen LogP contribution is 2.20. The third-order valence-corrected chi connectivity index (χ3v) is 1.76. The van der Waals surface area contributed by atoms with Gasteiger partial charge in [0, 0.05) is 11.6 Å². The van der Waals surface area contributed by atoms with Gasteiger partial charge in [0.05, 0.1) is 12.7 Å². The molecule has 0 saturated carbocycles. The van der Waals surface area contributed by atoms with E-state index in [1.807, 2.05) is 0 Å². The maximum Gasteiger partial charge on any atom is 0.338 e. The average molecular weight is 263 g/mol. The zero-order valence-electron chi connectivity index (χ0n) is 7.82. The predicted molar refractivity (Wildman–Crippen MR) is 55.3 cm³/mol. The molecule has 78 valence electrons. The number of methoxy groups -OCH3 is 1. The lowest BCUT2D eigenvalue weighted by molar-refractivity contribution is 0.0600. The minimum absolute atomic E-state index is 0.0322. The first-order chi connectivity index (χ1) is 6.63. The number of halogens is 1. The Morgan fingerprint density at radius 2 is 1.93 bits per heavy atom. The molecular weight excluding hydrogens is 252 g/mol. The second-order valence-electron chi connectivity index (χ2n) is 2.19. The molecule has 0 bridgehead atoms. The van der Waals surface area contributed by atoms with E-state index in [2.05, 4.69) is 20.7 Å². The van der Waals surface area contributed by atoms with Crippen LogP contribution in [0, 0.1) is 0 Å². The highest BCUT2D eigenvalue weighted by molar-refractivity contribution is 9.10. The molecule has 0 saturated heterocycles. The lowest BCUT2D eigenvalue weighted by atomic mass is 10.2. The molecule has 4 nitrogen and oxygen atoms in total. The highest BCUT2D eigenvalue weighted by atomic mass is 79.9. The summed E-state index contributed by atoms with van der Waals surface area (Å²) < 4.78 is 5.12. The van der Waals surface area contributed by atoms with Gasteiger partial charge in [-0.05, 0) is 18.2 Å². The van der Waals surface area contributed by atoms with Gasteiger partial charge in [-0.3, -0.25) is 0 Å². The van der Waals surface area contributed by atoms with Crippen molar-refractivity contribution in [2.45, 2.75) is 0 Å². The van der Waals surface area contributed by atoms with Gasteiger partial charge >= 0.3 is 5.97 Å².